The monoisotopic (exact) mass is 307 g/mol. The summed E-state index contributed by atoms with van der Waals surface area (Å²) >= 11 is 1.56. The molecule has 0 amide bonds. The number of hydrogen-bond donors (Lipinski definition) is 2. The predicted molar refractivity (Wildman–Crippen MR) is 91.6 cm³/mol. The molecule has 2 aromatic heterocycles. The smallest absolute Gasteiger partial charge is 0.198 e. The summed E-state index contributed by atoms with van der Waals surface area (Å²) < 4.78 is 1.06. The molecular formula is C17H13N3OS. The van der Waals surface area contributed by atoms with E-state index in [1.54, 1.807) is 17.6 Å². The zero-order valence-corrected chi connectivity index (χ0v) is 12.7. The van der Waals surface area contributed by atoms with Crippen LogP contribution < -0.4 is 0 Å². The van der Waals surface area contributed by atoms with Crippen molar-refractivity contribution in [3.05, 3.63) is 53.0 Å². The Balaban J connectivity index is 1.88. The summed E-state index contributed by atoms with van der Waals surface area (Å²) in [6.07, 6.45) is 1.71. The van der Waals surface area contributed by atoms with Gasteiger partial charge < -0.3 is 10.1 Å². The zero-order valence-electron chi connectivity index (χ0n) is 11.9. The van der Waals surface area contributed by atoms with Crippen molar-refractivity contribution in [1.29, 1.82) is 0 Å². The maximum Gasteiger partial charge on any atom is 0.198 e. The molecule has 0 aliphatic rings. The molecule has 2 N–H and O–H groups in total. The Morgan fingerprint density at radius 2 is 2.00 bits per heavy atom. The minimum Gasteiger partial charge on any atom is -0.494 e. The summed E-state index contributed by atoms with van der Waals surface area (Å²) in [5.41, 5.74) is 6.39. The van der Waals surface area contributed by atoms with Crippen molar-refractivity contribution in [2.24, 2.45) is 4.99 Å². The van der Waals surface area contributed by atoms with Gasteiger partial charge in [0.05, 0.1) is 32.5 Å². The average molecular weight is 307 g/mol. The van der Waals surface area contributed by atoms with E-state index in [2.05, 4.69) is 15.0 Å². The van der Waals surface area contributed by atoms with Gasteiger partial charge in [-0.15, -0.1) is 11.3 Å². The van der Waals surface area contributed by atoms with E-state index < -0.39 is 0 Å². The van der Waals surface area contributed by atoms with Crippen LogP contribution in [0.2, 0.25) is 0 Å². The maximum atomic E-state index is 10.2. The SMILES string of the molecule is Cc1ccc(N=Cc2c(O)[nH]c3ccc4ncsc4c23)cc1. The van der Waals surface area contributed by atoms with Crippen molar-refractivity contribution in [1.82, 2.24) is 9.97 Å². The van der Waals surface area contributed by atoms with E-state index in [1.165, 1.54) is 5.56 Å². The largest absolute Gasteiger partial charge is 0.494 e. The lowest BCUT2D eigenvalue weighted by molar-refractivity contribution is 0.457. The van der Waals surface area contributed by atoms with Gasteiger partial charge in [0.1, 0.15) is 0 Å². The van der Waals surface area contributed by atoms with Crippen LogP contribution >= 0.6 is 11.3 Å². The lowest BCUT2D eigenvalue weighted by atomic mass is 10.1. The van der Waals surface area contributed by atoms with E-state index >= 15 is 0 Å². The highest BCUT2D eigenvalue weighted by Gasteiger charge is 2.13. The Kier molecular flexibility index (Phi) is 2.94. The van der Waals surface area contributed by atoms with E-state index in [0.717, 1.165) is 26.8 Å². The van der Waals surface area contributed by atoms with Crippen molar-refractivity contribution >= 4 is 44.4 Å². The summed E-state index contributed by atoms with van der Waals surface area (Å²) in [4.78, 5) is 11.8. The molecule has 0 aliphatic heterocycles. The van der Waals surface area contributed by atoms with Crippen LogP contribution in [0, 0.1) is 6.92 Å². The lowest BCUT2D eigenvalue weighted by Crippen LogP contribution is -1.80. The van der Waals surface area contributed by atoms with Crippen LogP contribution in [0.4, 0.5) is 5.69 Å². The molecule has 0 saturated carbocycles. The number of H-pyrrole nitrogens is 1. The van der Waals surface area contributed by atoms with Crippen molar-refractivity contribution in [3.8, 4) is 5.88 Å². The Labute approximate surface area is 130 Å². The van der Waals surface area contributed by atoms with Crippen molar-refractivity contribution in [2.75, 3.05) is 0 Å². The molecule has 0 saturated heterocycles. The number of nitrogens with zero attached hydrogens (tertiary/aromatic N) is 2. The molecule has 0 spiro atoms. The predicted octanol–water partition coefficient (Wildman–Crippen LogP) is 4.54. The van der Waals surface area contributed by atoms with Gasteiger partial charge in [-0.1, -0.05) is 17.7 Å². The molecule has 0 bridgehead atoms. The first-order valence-electron chi connectivity index (χ1n) is 6.90. The fraction of sp³-hybridized carbons (Fsp3) is 0.0588. The van der Waals surface area contributed by atoms with E-state index in [4.69, 9.17) is 0 Å². The minimum atomic E-state index is 0.131. The molecule has 4 rings (SSSR count). The molecule has 108 valence electrons. The van der Waals surface area contributed by atoms with Crippen molar-refractivity contribution in [2.45, 2.75) is 6.92 Å². The fourth-order valence-corrected chi connectivity index (χ4v) is 3.36. The summed E-state index contributed by atoms with van der Waals surface area (Å²) in [5.74, 6) is 0.131. The molecule has 0 aliphatic carbocycles. The van der Waals surface area contributed by atoms with Gasteiger partial charge in [-0.05, 0) is 31.2 Å². The third-order valence-corrected chi connectivity index (χ3v) is 4.51. The number of aryl methyl sites for hydroxylation is 1. The van der Waals surface area contributed by atoms with Gasteiger partial charge in [0.25, 0.3) is 0 Å². The Morgan fingerprint density at radius 1 is 1.18 bits per heavy atom. The number of rotatable bonds is 2. The number of hydrogen-bond acceptors (Lipinski definition) is 4. The maximum absolute atomic E-state index is 10.2. The summed E-state index contributed by atoms with van der Waals surface area (Å²) in [5, 5.41) is 11.2. The van der Waals surface area contributed by atoms with E-state index in [-0.39, 0.29) is 5.88 Å². The highest BCUT2D eigenvalue weighted by Crippen LogP contribution is 2.34. The second-order valence-electron chi connectivity index (χ2n) is 5.17. The van der Waals surface area contributed by atoms with Gasteiger partial charge in [0.15, 0.2) is 5.88 Å². The van der Waals surface area contributed by atoms with E-state index in [9.17, 15) is 5.11 Å². The van der Waals surface area contributed by atoms with Crippen LogP contribution in [0.25, 0.3) is 21.1 Å². The zero-order chi connectivity index (χ0) is 15.1. The van der Waals surface area contributed by atoms with E-state index in [1.807, 2.05) is 48.8 Å². The number of benzene rings is 2. The fourth-order valence-electron chi connectivity index (χ4n) is 2.51. The first kappa shape index (κ1) is 13.0. The lowest BCUT2D eigenvalue weighted by Gasteiger charge is -1.96. The van der Waals surface area contributed by atoms with Gasteiger partial charge in [0.2, 0.25) is 0 Å². The van der Waals surface area contributed by atoms with Crippen LogP contribution in [-0.4, -0.2) is 21.3 Å². The van der Waals surface area contributed by atoms with Crippen LogP contribution in [0.15, 0.2) is 46.9 Å². The Morgan fingerprint density at radius 3 is 2.82 bits per heavy atom. The Hall–Kier alpha value is -2.66. The number of aromatic nitrogens is 2. The summed E-state index contributed by atoms with van der Waals surface area (Å²) in [7, 11) is 0. The molecule has 5 heteroatoms. The summed E-state index contributed by atoms with van der Waals surface area (Å²) in [6.45, 7) is 2.04. The second-order valence-corrected chi connectivity index (χ2v) is 6.02. The third kappa shape index (κ3) is 2.07. The van der Waals surface area contributed by atoms with Gasteiger partial charge in [-0.3, -0.25) is 4.99 Å². The number of aliphatic imine (C=N–C) groups is 1. The average Bonchev–Trinajstić information content (AvgIpc) is 3.10. The van der Waals surface area contributed by atoms with Crippen LogP contribution in [0.5, 0.6) is 5.88 Å². The van der Waals surface area contributed by atoms with Crippen LogP contribution in [0.3, 0.4) is 0 Å². The first-order valence-corrected chi connectivity index (χ1v) is 7.78. The molecule has 0 atom stereocenters. The standard InChI is InChI=1S/C17H13N3OS/c1-10-2-4-11(5-3-10)18-8-12-15-13(20-17(12)21)6-7-14-16(15)22-9-19-14/h2-9,20-21H,1H3. The first-order chi connectivity index (χ1) is 10.7. The van der Waals surface area contributed by atoms with E-state index in [0.29, 0.717) is 5.56 Å². The molecule has 22 heavy (non-hydrogen) atoms. The van der Waals surface area contributed by atoms with Crippen molar-refractivity contribution < 1.29 is 5.11 Å². The molecule has 0 radical (unpaired) electrons. The molecule has 2 heterocycles. The number of nitrogens with one attached hydrogen (secondary N) is 1. The number of fused-ring (bicyclic) bond motifs is 3. The molecule has 4 aromatic rings. The molecule has 0 unspecified atom stereocenters. The van der Waals surface area contributed by atoms with Crippen molar-refractivity contribution in [3.63, 3.8) is 0 Å². The van der Waals surface area contributed by atoms with Gasteiger partial charge in [-0.25, -0.2) is 4.98 Å². The molecule has 0 fully saturated rings. The topological polar surface area (TPSA) is 61.3 Å². The quantitative estimate of drug-likeness (QED) is 0.534. The molecule has 2 aromatic carbocycles. The van der Waals surface area contributed by atoms with Gasteiger partial charge in [-0.2, -0.15) is 0 Å². The Bertz CT molecular complexity index is 996. The van der Waals surface area contributed by atoms with Crippen LogP contribution in [-0.2, 0) is 0 Å². The third-order valence-electron chi connectivity index (χ3n) is 3.65. The molecular weight excluding hydrogens is 294 g/mol. The number of aromatic hydroxyl groups is 1. The highest BCUT2D eigenvalue weighted by molar-refractivity contribution is 7.17. The van der Waals surface area contributed by atoms with Crippen LogP contribution in [0.1, 0.15) is 11.1 Å². The van der Waals surface area contributed by atoms with Gasteiger partial charge >= 0.3 is 0 Å². The highest BCUT2D eigenvalue weighted by atomic mass is 32.1. The summed E-state index contributed by atoms with van der Waals surface area (Å²) in [6, 6.07) is 11.8. The van der Waals surface area contributed by atoms with Gasteiger partial charge in [0, 0.05) is 11.6 Å². The number of aromatic amines is 1. The minimum absolute atomic E-state index is 0.131. The number of thiazole rings is 1. The normalized spacial score (nSPS) is 11.9. The second kappa shape index (κ2) is 4.96. The molecule has 4 nitrogen and oxygen atoms in total.